The summed E-state index contributed by atoms with van der Waals surface area (Å²) < 4.78 is 27.6. The van der Waals surface area contributed by atoms with Crippen LogP contribution in [0.3, 0.4) is 0 Å². The molecule has 0 radical (unpaired) electrons. The third kappa shape index (κ3) is 5.37. The Bertz CT molecular complexity index is 1030. The average molecular weight is 452 g/mol. The van der Waals surface area contributed by atoms with Crippen molar-refractivity contribution in [3.8, 4) is 0 Å². The molecule has 0 spiro atoms. The molecule has 2 amide bonds. The van der Waals surface area contributed by atoms with Gasteiger partial charge in [-0.15, -0.1) is 0 Å². The summed E-state index contributed by atoms with van der Waals surface area (Å²) >= 11 is 6.05. The Balaban J connectivity index is 2.37. The molecule has 2 rings (SSSR count). The van der Waals surface area contributed by atoms with Gasteiger partial charge in [-0.25, -0.2) is 17.9 Å². The number of sulfonamides is 1. The molecule has 2 aromatic rings. The van der Waals surface area contributed by atoms with Crippen LogP contribution in [0.5, 0.6) is 0 Å². The highest BCUT2D eigenvalue weighted by Crippen LogP contribution is 2.32. The number of hydrogen-bond acceptors (Lipinski definition) is 5. The number of para-hydroxylation sites is 1. The Morgan fingerprint density at radius 3 is 2.07 bits per heavy atom. The number of halogens is 1. The molecule has 162 valence electrons. The Labute approximate surface area is 182 Å². The summed E-state index contributed by atoms with van der Waals surface area (Å²) in [7, 11) is -4.28. The molecule has 0 aliphatic carbocycles. The highest BCUT2D eigenvalue weighted by atomic mass is 35.5. The molecular formula is C21H26ClN3O4S. The fourth-order valence-electron chi connectivity index (χ4n) is 3.06. The van der Waals surface area contributed by atoms with Crippen LogP contribution < -0.4 is 10.0 Å². The summed E-state index contributed by atoms with van der Waals surface area (Å²) in [6, 6.07) is 8.18. The Kier molecular flexibility index (Phi) is 7.60. The molecule has 30 heavy (non-hydrogen) atoms. The molecule has 0 aromatic heterocycles. The smallest absolute Gasteiger partial charge is 0.307 e. The van der Waals surface area contributed by atoms with Gasteiger partial charge in [0.05, 0.1) is 5.02 Å². The van der Waals surface area contributed by atoms with Crippen molar-refractivity contribution < 1.29 is 13.2 Å². The topological polar surface area (TPSA) is 105 Å². The number of nitrogens with zero attached hydrogens (tertiary/aromatic N) is 1. The van der Waals surface area contributed by atoms with Gasteiger partial charge in [-0.2, -0.15) is 4.91 Å². The number of nitrogens with one attached hydrogen (secondary N) is 2. The minimum atomic E-state index is -4.28. The largest absolute Gasteiger partial charge is 0.333 e. The molecule has 0 saturated carbocycles. The minimum Gasteiger partial charge on any atom is -0.307 e. The lowest BCUT2D eigenvalue weighted by Gasteiger charge is -2.20. The van der Waals surface area contributed by atoms with Crippen molar-refractivity contribution in [2.45, 2.75) is 57.4 Å². The van der Waals surface area contributed by atoms with E-state index in [4.69, 9.17) is 11.6 Å². The number of carbonyl (C=O) groups is 1. The highest BCUT2D eigenvalue weighted by molar-refractivity contribution is 7.90. The molecule has 0 bridgehead atoms. The van der Waals surface area contributed by atoms with E-state index in [2.05, 4.69) is 10.5 Å². The van der Waals surface area contributed by atoms with Crippen LogP contribution in [0.15, 0.2) is 46.5 Å². The van der Waals surface area contributed by atoms with Crippen LogP contribution in [0.25, 0.3) is 0 Å². The summed E-state index contributed by atoms with van der Waals surface area (Å²) in [5, 5.41) is 5.52. The van der Waals surface area contributed by atoms with Crippen LogP contribution in [0.4, 0.5) is 10.5 Å². The molecule has 2 aromatic carbocycles. The van der Waals surface area contributed by atoms with E-state index in [1.54, 1.807) is 0 Å². The fraction of sp³-hybridized carbons (Fsp3) is 0.381. The first kappa shape index (κ1) is 23.8. The van der Waals surface area contributed by atoms with Crippen molar-refractivity contribution in [2.75, 3.05) is 5.32 Å². The van der Waals surface area contributed by atoms with E-state index in [1.165, 1.54) is 25.1 Å². The first-order valence-electron chi connectivity index (χ1n) is 9.56. The SMILES string of the molecule is CC(C)c1cccc(C(C)C)c1NC(=O)NS(=O)(=O)c1cc(C(C)N=O)ccc1Cl. The lowest BCUT2D eigenvalue weighted by molar-refractivity contribution is 0.256. The minimum absolute atomic E-state index is 0.0670. The van der Waals surface area contributed by atoms with Crippen molar-refractivity contribution in [3.05, 3.63) is 63.0 Å². The fourth-order valence-corrected chi connectivity index (χ4v) is 4.50. The number of benzene rings is 2. The summed E-state index contributed by atoms with van der Waals surface area (Å²) in [4.78, 5) is 23.1. The molecule has 0 fully saturated rings. The molecule has 0 saturated heterocycles. The Morgan fingerprint density at radius 2 is 1.57 bits per heavy atom. The standard InChI is InChI=1S/C21H26ClN3O4S/c1-12(2)16-7-6-8-17(13(3)4)20(16)23-21(26)25-30(28,29)19-11-15(14(5)24-27)9-10-18(19)22/h6-14H,1-5H3,(H2,23,25,26). The number of anilines is 1. The molecular weight excluding hydrogens is 426 g/mol. The average Bonchev–Trinajstić information content (AvgIpc) is 2.66. The first-order valence-corrected chi connectivity index (χ1v) is 11.4. The van der Waals surface area contributed by atoms with Crippen molar-refractivity contribution in [2.24, 2.45) is 5.18 Å². The molecule has 0 aliphatic rings. The van der Waals surface area contributed by atoms with Gasteiger partial charge in [0.2, 0.25) is 0 Å². The zero-order valence-corrected chi connectivity index (χ0v) is 19.1. The second-order valence-electron chi connectivity index (χ2n) is 7.65. The highest BCUT2D eigenvalue weighted by Gasteiger charge is 2.24. The number of carbonyl (C=O) groups excluding carboxylic acids is 1. The maximum Gasteiger partial charge on any atom is 0.333 e. The van der Waals surface area contributed by atoms with Crippen molar-refractivity contribution in [1.29, 1.82) is 0 Å². The molecule has 9 heteroatoms. The van der Waals surface area contributed by atoms with Crippen LogP contribution in [-0.4, -0.2) is 14.4 Å². The number of nitroso groups, excluding NO2 is 1. The van der Waals surface area contributed by atoms with E-state index < -0.39 is 22.1 Å². The molecule has 0 heterocycles. The van der Waals surface area contributed by atoms with Gasteiger partial charge in [-0.05, 0) is 47.6 Å². The van der Waals surface area contributed by atoms with E-state index in [1.807, 2.05) is 50.6 Å². The van der Waals surface area contributed by atoms with Gasteiger partial charge in [0.1, 0.15) is 10.9 Å². The molecule has 2 N–H and O–H groups in total. The second kappa shape index (κ2) is 9.57. The third-order valence-electron chi connectivity index (χ3n) is 4.72. The quantitative estimate of drug-likeness (QED) is 0.509. The summed E-state index contributed by atoms with van der Waals surface area (Å²) in [6.45, 7) is 9.50. The number of rotatable bonds is 7. The van der Waals surface area contributed by atoms with E-state index in [0.717, 1.165) is 11.1 Å². The van der Waals surface area contributed by atoms with E-state index in [9.17, 15) is 18.1 Å². The molecule has 7 nitrogen and oxygen atoms in total. The van der Waals surface area contributed by atoms with E-state index in [-0.39, 0.29) is 21.8 Å². The zero-order valence-electron chi connectivity index (χ0n) is 17.6. The summed E-state index contributed by atoms with van der Waals surface area (Å²) in [6.07, 6.45) is 0. The number of hydrogen-bond donors (Lipinski definition) is 2. The number of amides is 2. The molecule has 1 atom stereocenters. The monoisotopic (exact) mass is 451 g/mol. The molecule has 0 aliphatic heterocycles. The lowest BCUT2D eigenvalue weighted by atomic mass is 9.93. The zero-order chi connectivity index (χ0) is 22.6. The Morgan fingerprint density at radius 1 is 1.00 bits per heavy atom. The normalized spacial score (nSPS) is 12.7. The van der Waals surface area contributed by atoms with Gasteiger partial charge in [0, 0.05) is 5.69 Å². The summed E-state index contributed by atoms with van der Waals surface area (Å²) in [5.41, 5.74) is 2.77. The predicted molar refractivity (Wildman–Crippen MR) is 120 cm³/mol. The van der Waals surface area contributed by atoms with Gasteiger partial charge in [0.15, 0.2) is 0 Å². The van der Waals surface area contributed by atoms with Crippen molar-refractivity contribution in [1.82, 2.24) is 4.72 Å². The van der Waals surface area contributed by atoms with E-state index >= 15 is 0 Å². The van der Waals surface area contributed by atoms with Gasteiger partial charge < -0.3 is 5.32 Å². The maximum atomic E-state index is 12.8. The van der Waals surface area contributed by atoms with E-state index in [0.29, 0.717) is 11.3 Å². The van der Waals surface area contributed by atoms with Gasteiger partial charge in [-0.3, -0.25) is 0 Å². The molecule has 1 unspecified atom stereocenters. The van der Waals surface area contributed by atoms with Crippen LogP contribution in [-0.2, 0) is 10.0 Å². The van der Waals surface area contributed by atoms with Crippen LogP contribution in [0.2, 0.25) is 5.02 Å². The van der Waals surface area contributed by atoms with Gasteiger partial charge in [0.25, 0.3) is 10.0 Å². The third-order valence-corrected chi connectivity index (χ3v) is 6.54. The maximum absolute atomic E-state index is 12.8. The Hall–Kier alpha value is -2.45. The van der Waals surface area contributed by atoms with Gasteiger partial charge in [-0.1, -0.05) is 68.7 Å². The van der Waals surface area contributed by atoms with Gasteiger partial charge >= 0.3 is 6.03 Å². The predicted octanol–water partition coefficient (Wildman–Crippen LogP) is 5.92. The van der Waals surface area contributed by atoms with Crippen molar-refractivity contribution >= 4 is 33.3 Å². The lowest BCUT2D eigenvalue weighted by Crippen LogP contribution is -2.35. The van der Waals surface area contributed by atoms with Crippen molar-refractivity contribution in [3.63, 3.8) is 0 Å². The van der Waals surface area contributed by atoms with Crippen LogP contribution in [0, 0.1) is 4.91 Å². The van der Waals surface area contributed by atoms with Crippen LogP contribution >= 0.6 is 11.6 Å². The first-order chi connectivity index (χ1) is 14.0. The van der Waals surface area contributed by atoms with Crippen LogP contribution in [0.1, 0.15) is 69.2 Å². The summed E-state index contributed by atoms with van der Waals surface area (Å²) in [5.74, 6) is 0.248. The second-order valence-corrected chi connectivity index (χ2v) is 9.71. The number of urea groups is 1.